The van der Waals surface area contributed by atoms with E-state index in [1.807, 2.05) is 0 Å². The number of nitrogens with zero attached hydrogens (tertiary/aromatic N) is 1. The Balaban J connectivity index is 1.92. The molecule has 0 bridgehead atoms. The molecule has 2 aromatic carbocycles. The molecule has 164 valence electrons. The van der Waals surface area contributed by atoms with Gasteiger partial charge in [0.25, 0.3) is 10.0 Å². The molecule has 9 nitrogen and oxygen atoms in total. The molecule has 1 aliphatic rings. The van der Waals surface area contributed by atoms with Crippen LogP contribution in [0.2, 0.25) is 0 Å². The molecule has 1 saturated heterocycles. The summed E-state index contributed by atoms with van der Waals surface area (Å²) in [5.74, 6) is -1.54. The Morgan fingerprint density at radius 2 is 1.84 bits per heavy atom. The van der Waals surface area contributed by atoms with E-state index in [0.29, 0.717) is 15.6 Å². The predicted octanol–water partition coefficient (Wildman–Crippen LogP) is 2.11. The molecule has 1 heterocycles. The SMILES string of the molecule is COC(=O)c1ccccc1NC(=O)[C@@H]1CCC(=O)N1S(=O)(=O)c1ccc(OC)c(C)c1. The van der Waals surface area contributed by atoms with Crippen molar-refractivity contribution in [3.05, 3.63) is 53.6 Å². The lowest BCUT2D eigenvalue weighted by Crippen LogP contribution is -2.45. The molecule has 0 radical (unpaired) electrons. The van der Waals surface area contributed by atoms with Gasteiger partial charge in [-0.05, 0) is 49.2 Å². The first-order valence-electron chi connectivity index (χ1n) is 9.40. The number of benzene rings is 2. The molecule has 10 heteroatoms. The minimum Gasteiger partial charge on any atom is -0.496 e. The average molecular weight is 446 g/mol. The van der Waals surface area contributed by atoms with E-state index in [1.165, 1.54) is 44.6 Å². The van der Waals surface area contributed by atoms with E-state index in [9.17, 15) is 22.8 Å². The van der Waals surface area contributed by atoms with Crippen LogP contribution >= 0.6 is 0 Å². The minimum absolute atomic E-state index is 0.0272. The van der Waals surface area contributed by atoms with Crippen molar-refractivity contribution in [1.82, 2.24) is 4.31 Å². The van der Waals surface area contributed by atoms with E-state index in [1.54, 1.807) is 19.1 Å². The minimum atomic E-state index is -4.28. The molecule has 0 aromatic heterocycles. The van der Waals surface area contributed by atoms with Gasteiger partial charge in [-0.2, -0.15) is 0 Å². The van der Waals surface area contributed by atoms with E-state index < -0.39 is 33.8 Å². The number of methoxy groups -OCH3 is 2. The number of nitrogens with one attached hydrogen (secondary N) is 1. The van der Waals surface area contributed by atoms with Crippen LogP contribution in [0.3, 0.4) is 0 Å². The van der Waals surface area contributed by atoms with Crippen LogP contribution in [0.1, 0.15) is 28.8 Å². The molecule has 31 heavy (non-hydrogen) atoms. The molecule has 1 atom stereocenters. The smallest absolute Gasteiger partial charge is 0.339 e. The number of anilines is 1. The van der Waals surface area contributed by atoms with Crippen LogP contribution in [0.15, 0.2) is 47.4 Å². The summed E-state index contributed by atoms with van der Waals surface area (Å²) in [6.07, 6.45) is -0.0650. The summed E-state index contributed by atoms with van der Waals surface area (Å²) in [6.45, 7) is 1.68. The maximum absolute atomic E-state index is 13.2. The molecule has 0 unspecified atom stereocenters. The fraction of sp³-hybridized carbons (Fsp3) is 0.286. The van der Waals surface area contributed by atoms with Gasteiger partial charge < -0.3 is 14.8 Å². The Kier molecular flexibility index (Phi) is 6.30. The monoisotopic (exact) mass is 446 g/mol. The average Bonchev–Trinajstić information content (AvgIpc) is 3.16. The lowest BCUT2D eigenvalue weighted by Gasteiger charge is -2.24. The number of para-hydroxylation sites is 1. The van der Waals surface area contributed by atoms with Crippen molar-refractivity contribution in [2.45, 2.75) is 30.7 Å². The lowest BCUT2D eigenvalue weighted by molar-refractivity contribution is -0.128. The van der Waals surface area contributed by atoms with Crippen molar-refractivity contribution in [2.75, 3.05) is 19.5 Å². The molecule has 1 N–H and O–H groups in total. The highest BCUT2D eigenvalue weighted by Crippen LogP contribution is 2.30. The normalized spacial score (nSPS) is 16.2. The van der Waals surface area contributed by atoms with Gasteiger partial charge >= 0.3 is 5.97 Å². The maximum atomic E-state index is 13.2. The van der Waals surface area contributed by atoms with Crippen molar-refractivity contribution in [3.63, 3.8) is 0 Å². The van der Waals surface area contributed by atoms with Crippen molar-refractivity contribution in [3.8, 4) is 5.75 Å². The number of carbonyl (C=O) groups is 3. The van der Waals surface area contributed by atoms with Crippen molar-refractivity contribution < 1.29 is 32.3 Å². The van der Waals surface area contributed by atoms with Gasteiger partial charge in [0.15, 0.2) is 0 Å². The number of carbonyl (C=O) groups excluding carboxylic acids is 3. The van der Waals surface area contributed by atoms with Gasteiger partial charge in [-0.25, -0.2) is 17.5 Å². The quantitative estimate of drug-likeness (QED) is 0.675. The van der Waals surface area contributed by atoms with Gasteiger partial charge in [0, 0.05) is 6.42 Å². The van der Waals surface area contributed by atoms with Crippen LogP contribution in [-0.4, -0.2) is 50.8 Å². The molecule has 2 amide bonds. The molecule has 0 spiro atoms. The zero-order valence-corrected chi connectivity index (χ0v) is 18.1. The lowest BCUT2D eigenvalue weighted by atomic mass is 10.1. The number of sulfonamides is 1. The zero-order chi connectivity index (χ0) is 22.8. The summed E-state index contributed by atoms with van der Waals surface area (Å²) in [5.41, 5.74) is 0.849. The molecular weight excluding hydrogens is 424 g/mol. The van der Waals surface area contributed by atoms with Crippen LogP contribution in [0.25, 0.3) is 0 Å². The highest BCUT2D eigenvalue weighted by atomic mass is 32.2. The summed E-state index contributed by atoms with van der Waals surface area (Å²) in [7, 11) is -1.60. The first kappa shape index (κ1) is 22.3. The molecular formula is C21H22N2O7S. The van der Waals surface area contributed by atoms with Crippen molar-refractivity contribution in [2.24, 2.45) is 0 Å². The van der Waals surface area contributed by atoms with Gasteiger partial charge in [0.2, 0.25) is 11.8 Å². The zero-order valence-electron chi connectivity index (χ0n) is 17.2. The van der Waals surface area contributed by atoms with E-state index in [4.69, 9.17) is 9.47 Å². The number of aryl methyl sites for hydroxylation is 1. The van der Waals surface area contributed by atoms with Gasteiger partial charge in [-0.1, -0.05) is 12.1 Å². The first-order valence-corrected chi connectivity index (χ1v) is 10.8. The summed E-state index contributed by atoms with van der Waals surface area (Å²) in [4.78, 5) is 37.2. The second-order valence-corrected chi connectivity index (χ2v) is 8.72. The van der Waals surface area contributed by atoms with Gasteiger partial charge in [-0.15, -0.1) is 0 Å². The number of hydrogen-bond donors (Lipinski definition) is 1. The summed E-state index contributed by atoms with van der Waals surface area (Å²) in [5, 5.41) is 2.55. The third kappa shape index (κ3) is 4.24. The molecule has 3 rings (SSSR count). The van der Waals surface area contributed by atoms with E-state index in [0.717, 1.165) is 0 Å². The third-order valence-corrected chi connectivity index (χ3v) is 6.80. The second-order valence-electron chi connectivity index (χ2n) is 6.91. The fourth-order valence-electron chi connectivity index (χ4n) is 3.42. The van der Waals surface area contributed by atoms with Crippen molar-refractivity contribution in [1.29, 1.82) is 0 Å². The van der Waals surface area contributed by atoms with Crippen LogP contribution in [0.5, 0.6) is 5.75 Å². The second kappa shape index (κ2) is 8.76. The molecule has 2 aromatic rings. The van der Waals surface area contributed by atoms with E-state index in [2.05, 4.69) is 5.32 Å². The molecule has 0 aliphatic carbocycles. The predicted molar refractivity (Wildman–Crippen MR) is 111 cm³/mol. The van der Waals surface area contributed by atoms with Crippen LogP contribution in [0, 0.1) is 6.92 Å². The van der Waals surface area contributed by atoms with Crippen LogP contribution < -0.4 is 10.1 Å². The summed E-state index contributed by atoms with van der Waals surface area (Å²) >= 11 is 0. The molecule has 0 saturated carbocycles. The Morgan fingerprint density at radius 1 is 1.13 bits per heavy atom. The van der Waals surface area contributed by atoms with Crippen molar-refractivity contribution >= 4 is 33.5 Å². The van der Waals surface area contributed by atoms with Gasteiger partial charge in [0.1, 0.15) is 11.8 Å². The van der Waals surface area contributed by atoms with E-state index >= 15 is 0 Å². The number of rotatable bonds is 6. The Hall–Kier alpha value is -3.40. The largest absolute Gasteiger partial charge is 0.496 e. The summed E-state index contributed by atoms with van der Waals surface area (Å²) < 4.78 is 36.9. The standard InChI is InChI=1S/C21H22N2O7S/c1-13-12-14(8-10-18(13)29-2)31(27,28)23-17(9-11-19(23)24)20(25)22-16-7-5-4-6-15(16)21(26)30-3/h4-8,10,12,17H,9,11H2,1-3H3,(H,22,25)/t17-/m0/s1. The Morgan fingerprint density at radius 3 is 2.48 bits per heavy atom. The number of ether oxygens (including phenoxy) is 2. The Labute approximate surface area is 180 Å². The number of hydrogen-bond acceptors (Lipinski definition) is 7. The highest BCUT2D eigenvalue weighted by molar-refractivity contribution is 7.89. The van der Waals surface area contributed by atoms with Gasteiger partial charge in [0.05, 0.1) is 30.4 Å². The number of amides is 2. The summed E-state index contributed by atoms with van der Waals surface area (Å²) in [6, 6.07) is 9.13. The Bertz CT molecular complexity index is 1140. The highest BCUT2D eigenvalue weighted by Gasteiger charge is 2.44. The maximum Gasteiger partial charge on any atom is 0.339 e. The number of esters is 1. The molecule has 1 aliphatic heterocycles. The molecule has 1 fully saturated rings. The fourth-order valence-corrected chi connectivity index (χ4v) is 5.11. The van der Waals surface area contributed by atoms with Crippen LogP contribution in [0.4, 0.5) is 5.69 Å². The first-order chi connectivity index (χ1) is 14.7. The topological polar surface area (TPSA) is 119 Å². The third-order valence-electron chi connectivity index (χ3n) is 4.98. The van der Waals surface area contributed by atoms with Gasteiger partial charge in [-0.3, -0.25) is 9.59 Å². The van der Waals surface area contributed by atoms with Crippen LogP contribution in [-0.2, 0) is 24.3 Å². The van der Waals surface area contributed by atoms with E-state index in [-0.39, 0.29) is 29.0 Å².